The fourth-order valence-corrected chi connectivity index (χ4v) is 7.98. The van der Waals surface area contributed by atoms with Crippen molar-refractivity contribution in [3.63, 3.8) is 0 Å². The number of aromatic nitrogens is 1. The van der Waals surface area contributed by atoms with Gasteiger partial charge in [0, 0.05) is 56.7 Å². The SMILES string of the molecule is C=CCCCCCCc1cc(NCC2CC2C=O)cc(-c2ccc3c(c2)C(CC(C)(C)COC)C(c2cccnc2C(C)OC)N3CC)c1. The number of carbonyl (C=O) groups excluding carboxylic acids is 1. The Labute approximate surface area is 295 Å². The third-order valence-electron chi connectivity index (χ3n) is 10.7. The van der Waals surface area contributed by atoms with Crippen molar-refractivity contribution in [3.8, 4) is 11.1 Å². The number of benzene rings is 2. The molecule has 49 heavy (non-hydrogen) atoms. The number of nitrogens with zero attached hydrogens (tertiary/aromatic N) is 2. The van der Waals surface area contributed by atoms with E-state index >= 15 is 0 Å². The molecule has 5 rings (SSSR count). The molecule has 1 N–H and O–H groups in total. The first-order chi connectivity index (χ1) is 23.7. The van der Waals surface area contributed by atoms with Crippen molar-refractivity contribution in [1.29, 1.82) is 0 Å². The number of carbonyl (C=O) groups is 1. The van der Waals surface area contributed by atoms with Crippen molar-refractivity contribution in [2.24, 2.45) is 17.3 Å². The molecule has 5 atom stereocenters. The minimum atomic E-state index is -0.102. The normalized spacial score (nSPS) is 20.6. The van der Waals surface area contributed by atoms with E-state index < -0.39 is 0 Å². The van der Waals surface area contributed by atoms with Crippen molar-refractivity contribution < 1.29 is 14.3 Å². The lowest BCUT2D eigenvalue weighted by Gasteiger charge is -2.35. The van der Waals surface area contributed by atoms with Crippen LogP contribution < -0.4 is 10.2 Å². The largest absolute Gasteiger partial charge is 0.385 e. The van der Waals surface area contributed by atoms with Gasteiger partial charge in [0.25, 0.3) is 0 Å². The summed E-state index contributed by atoms with van der Waals surface area (Å²) in [5, 5.41) is 3.70. The maximum absolute atomic E-state index is 11.3. The highest BCUT2D eigenvalue weighted by atomic mass is 16.5. The van der Waals surface area contributed by atoms with Gasteiger partial charge in [-0.1, -0.05) is 51.0 Å². The van der Waals surface area contributed by atoms with Crippen molar-refractivity contribution in [2.75, 3.05) is 44.1 Å². The summed E-state index contributed by atoms with van der Waals surface area (Å²) in [6, 6.07) is 18.6. The van der Waals surface area contributed by atoms with Gasteiger partial charge in [-0.3, -0.25) is 4.98 Å². The smallest absolute Gasteiger partial charge is 0.123 e. The lowest BCUT2D eigenvalue weighted by atomic mass is 9.76. The van der Waals surface area contributed by atoms with Crippen LogP contribution in [0, 0.1) is 17.3 Å². The first kappa shape index (κ1) is 36.8. The van der Waals surface area contributed by atoms with Crippen LogP contribution in [-0.2, 0) is 20.7 Å². The second-order valence-electron chi connectivity index (χ2n) is 15.1. The Bertz CT molecular complexity index is 1550. The van der Waals surface area contributed by atoms with Gasteiger partial charge in [-0.25, -0.2) is 0 Å². The average molecular weight is 666 g/mol. The van der Waals surface area contributed by atoms with E-state index in [0.29, 0.717) is 12.5 Å². The summed E-state index contributed by atoms with van der Waals surface area (Å²) >= 11 is 0. The van der Waals surface area contributed by atoms with E-state index in [-0.39, 0.29) is 29.4 Å². The number of hydrogen-bond acceptors (Lipinski definition) is 6. The Morgan fingerprint density at radius 1 is 1.06 bits per heavy atom. The van der Waals surface area contributed by atoms with Crippen LogP contribution in [0.1, 0.15) is 113 Å². The van der Waals surface area contributed by atoms with Crippen LogP contribution in [-0.4, -0.2) is 45.2 Å². The van der Waals surface area contributed by atoms with Crippen molar-refractivity contribution in [1.82, 2.24) is 4.98 Å². The lowest BCUT2D eigenvalue weighted by Crippen LogP contribution is -2.31. The van der Waals surface area contributed by atoms with Crippen molar-refractivity contribution >= 4 is 17.7 Å². The molecule has 0 saturated heterocycles. The number of unbranched alkanes of at least 4 members (excludes halogenated alkanes) is 4. The number of aryl methyl sites for hydroxylation is 1. The molecule has 2 heterocycles. The first-order valence-electron chi connectivity index (χ1n) is 18.5. The van der Waals surface area contributed by atoms with Crippen LogP contribution in [0.3, 0.4) is 0 Å². The van der Waals surface area contributed by atoms with E-state index in [0.717, 1.165) is 56.4 Å². The van der Waals surface area contributed by atoms with Crippen LogP contribution in [0.15, 0.2) is 67.4 Å². The molecule has 3 aromatic rings. The summed E-state index contributed by atoms with van der Waals surface area (Å²) in [5.41, 5.74) is 9.93. The highest BCUT2D eigenvalue weighted by molar-refractivity contribution is 5.75. The number of nitrogens with one attached hydrogen (secondary N) is 1. The van der Waals surface area contributed by atoms with Crippen molar-refractivity contribution in [3.05, 3.63) is 89.8 Å². The number of ether oxygens (including phenoxy) is 2. The molecule has 2 aromatic carbocycles. The molecule has 0 radical (unpaired) electrons. The van der Waals surface area contributed by atoms with E-state index in [9.17, 15) is 4.79 Å². The van der Waals surface area contributed by atoms with Gasteiger partial charge in [-0.2, -0.15) is 0 Å². The van der Waals surface area contributed by atoms with E-state index in [1.807, 2.05) is 12.3 Å². The van der Waals surface area contributed by atoms with Crippen molar-refractivity contribution in [2.45, 2.75) is 97.1 Å². The molecule has 6 heteroatoms. The lowest BCUT2D eigenvalue weighted by molar-refractivity contribution is -0.109. The van der Waals surface area contributed by atoms with Gasteiger partial charge in [-0.05, 0) is 122 Å². The molecule has 0 bridgehead atoms. The third-order valence-corrected chi connectivity index (χ3v) is 10.7. The molecule has 1 aromatic heterocycles. The van der Waals surface area contributed by atoms with Crippen LogP contribution in [0.25, 0.3) is 11.1 Å². The second kappa shape index (κ2) is 17.0. The average Bonchev–Trinajstić information content (AvgIpc) is 3.82. The molecule has 0 amide bonds. The Morgan fingerprint density at radius 2 is 1.88 bits per heavy atom. The fourth-order valence-electron chi connectivity index (χ4n) is 7.98. The number of hydrogen-bond donors (Lipinski definition) is 1. The summed E-state index contributed by atoms with van der Waals surface area (Å²) in [5.74, 6) is 0.905. The van der Waals surface area contributed by atoms with Gasteiger partial charge >= 0.3 is 0 Å². The molecule has 1 aliphatic heterocycles. The van der Waals surface area contributed by atoms with Crippen LogP contribution >= 0.6 is 0 Å². The number of allylic oxidation sites excluding steroid dienone is 1. The number of aldehydes is 1. The van der Waals surface area contributed by atoms with E-state index in [1.54, 1.807) is 14.2 Å². The van der Waals surface area contributed by atoms with Gasteiger partial charge in [0.15, 0.2) is 0 Å². The molecule has 6 nitrogen and oxygen atoms in total. The third kappa shape index (κ3) is 9.01. The second-order valence-corrected chi connectivity index (χ2v) is 15.1. The topological polar surface area (TPSA) is 63.7 Å². The molecular weight excluding hydrogens is 606 g/mol. The summed E-state index contributed by atoms with van der Waals surface area (Å²) in [7, 11) is 3.57. The molecule has 1 saturated carbocycles. The number of fused-ring (bicyclic) bond motifs is 1. The zero-order chi connectivity index (χ0) is 35.0. The summed E-state index contributed by atoms with van der Waals surface area (Å²) in [6.07, 6.45) is 13.9. The summed E-state index contributed by atoms with van der Waals surface area (Å²) in [4.78, 5) is 18.7. The zero-order valence-corrected chi connectivity index (χ0v) is 30.8. The summed E-state index contributed by atoms with van der Waals surface area (Å²) in [6.45, 7) is 15.3. The number of anilines is 2. The van der Waals surface area contributed by atoms with Gasteiger partial charge in [0.1, 0.15) is 6.29 Å². The summed E-state index contributed by atoms with van der Waals surface area (Å²) < 4.78 is 11.6. The molecule has 2 aliphatic rings. The molecular formula is C43H59N3O3. The van der Waals surface area contributed by atoms with Crippen LogP contribution in [0.5, 0.6) is 0 Å². The highest BCUT2D eigenvalue weighted by Gasteiger charge is 2.43. The Hall–Kier alpha value is -3.48. The molecule has 264 valence electrons. The standard InChI is InChI=1S/C43H59N3O3/c1-8-10-11-12-13-14-16-31-21-33(24-36(22-31)45-27-34-23-35(34)28-47)32-18-19-40-38(25-32)39(26-43(4,5)29-48-6)42(46(40)9-2)37-17-15-20-44-41(37)30(3)49-7/h8,15,17-22,24-25,28,30,34-35,39,42,45H,1,9-14,16,23,26-27,29H2,2-7H3. The Morgan fingerprint density at radius 3 is 2.59 bits per heavy atom. The van der Waals surface area contributed by atoms with Gasteiger partial charge < -0.3 is 24.5 Å². The number of pyridine rings is 1. The Kier molecular flexibility index (Phi) is 12.7. The van der Waals surface area contributed by atoms with Crippen LogP contribution in [0.2, 0.25) is 0 Å². The number of likely N-dealkylation sites (N-methyl/N-ethyl adjacent to an activating group) is 1. The first-order valence-corrected chi connectivity index (χ1v) is 18.5. The number of rotatable bonds is 20. The zero-order valence-electron chi connectivity index (χ0n) is 30.8. The fraction of sp³-hybridized carbons (Fsp3) is 0.535. The quantitative estimate of drug-likeness (QED) is 0.0736. The molecule has 1 fully saturated rings. The van der Waals surface area contributed by atoms with Crippen LogP contribution in [0.4, 0.5) is 11.4 Å². The van der Waals surface area contributed by atoms with E-state index in [4.69, 9.17) is 14.5 Å². The monoisotopic (exact) mass is 665 g/mol. The van der Waals surface area contributed by atoms with Gasteiger partial charge in [0.2, 0.25) is 0 Å². The Balaban J connectivity index is 1.53. The number of methoxy groups -OCH3 is 2. The highest BCUT2D eigenvalue weighted by Crippen LogP contribution is 2.54. The maximum Gasteiger partial charge on any atom is 0.123 e. The van der Waals surface area contributed by atoms with Gasteiger partial charge in [0.05, 0.1) is 24.4 Å². The van der Waals surface area contributed by atoms with E-state index in [2.05, 4.69) is 93.0 Å². The minimum Gasteiger partial charge on any atom is -0.385 e. The molecule has 1 aliphatic carbocycles. The predicted molar refractivity (Wildman–Crippen MR) is 203 cm³/mol. The van der Waals surface area contributed by atoms with E-state index in [1.165, 1.54) is 59.2 Å². The van der Waals surface area contributed by atoms with Gasteiger partial charge in [-0.15, -0.1) is 6.58 Å². The minimum absolute atomic E-state index is 0.0190. The molecule has 0 spiro atoms. The maximum atomic E-state index is 11.3. The predicted octanol–water partition coefficient (Wildman–Crippen LogP) is 10.1. The molecule has 5 unspecified atom stereocenters.